The predicted octanol–water partition coefficient (Wildman–Crippen LogP) is 4.65. The molecular weight excluding hydrogens is 380 g/mol. The Bertz CT molecular complexity index is 683. The van der Waals surface area contributed by atoms with Crippen LogP contribution in [0.25, 0.3) is 0 Å². The number of aliphatic hydroxyl groups excluding tert-OH is 1. The number of nitrogens with zero attached hydrogens (tertiary/aromatic N) is 1. The maximum Gasteiger partial charge on any atom is 0.253 e. The van der Waals surface area contributed by atoms with E-state index in [2.05, 4.69) is 55.2 Å². The summed E-state index contributed by atoms with van der Waals surface area (Å²) in [7, 11) is 2.89. The van der Waals surface area contributed by atoms with Gasteiger partial charge in [0.05, 0.1) is 0 Å². The summed E-state index contributed by atoms with van der Waals surface area (Å²) in [6.07, 6.45) is 10.6. The van der Waals surface area contributed by atoms with E-state index in [-0.39, 0.29) is 5.56 Å². The highest BCUT2D eigenvalue weighted by Crippen LogP contribution is 2.32. The molecule has 1 unspecified atom stereocenters. The molecule has 1 aromatic carbocycles. The van der Waals surface area contributed by atoms with Crippen molar-refractivity contribution in [2.24, 2.45) is 0 Å². The van der Waals surface area contributed by atoms with Crippen LogP contribution >= 0.6 is 12.6 Å². The summed E-state index contributed by atoms with van der Waals surface area (Å²) in [6, 6.07) is 15.0. The molecule has 0 bridgehead atoms. The number of rotatable bonds is 4. The molecule has 29 heavy (non-hydrogen) atoms. The van der Waals surface area contributed by atoms with E-state index in [1.54, 1.807) is 16.4 Å². The summed E-state index contributed by atoms with van der Waals surface area (Å²) < 4.78 is 1.73. The molecule has 1 atom stereocenters. The molecule has 164 valence electrons. The smallest absolute Gasteiger partial charge is 0.253 e. The quantitative estimate of drug-likeness (QED) is 0.631. The van der Waals surface area contributed by atoms with E-state index >= 15 is 0 Å². The highest BCUT2D eigenvalue weighted by molar-refractivity contribution is 7.79. The maximum atomic E-state index is 11.6. The monoisotopic (exact) mass is 420 g/mol. The third-order valence-electron chi connectivity index (χ3n) is 5.05. The van der Waals surface area contributed by atoms with Crippen LogP contribution in [0.2, 0.25) is 0 Å². The minimum absolute atomic E-state index is 0.101. The van der Waals surface area contributed by atoms with E-state index in [0.29, 0.717) is 6.04 Å². The second-order valence-electron chi connectivity index (χ2n) is 7.08. The molecular formula is C24H40N2O2S. The van der Waals surface area contributed by atoms with Crippen LogP contribution in [0.5, 0.6) is 0 Å². The summed E-state index contributed by atoms with van der Waals surface area (Å²) in [6.45, 7) is 4.61. The summed E-state index contributed by atoms with van der Waals surface area (Å²) in [5.74, 6) is 0.861. The van der Waals surface area contributed by atoms with Gasteiger partial charge in [0.2, 0.25) is 0 Å². The Morgan fingerprint density at radius 2 is 1.66 bits per heavy atom. The number of aryl methyl sites for hydroxylation is 1. The third-order valence-corrected chi connectivity index (χ3v) is 5.05. The lowest BCUT2D eigenvalue weighted by Crippen LogP contribution is -2.32. The summed E-state index contributed by atoms with van der Waals surface area (Å²) in [4.78, 5) is 11.6. The molecule has 4 nitrogen and oxygen atoms in total. The average molecular weight is 421 g/mol. The van der Waals surface area contributed by atoms with Crippen molar-refractivity contribution in [3.05, 3.63) is 70.1 Å². The molecule has 0 amide bonds. The van der Waals surface area contributed by atoms with Gasteiger partial charge >= 0.3 is 0 Å². The fraction of sp³-hybridized carbons (Fsp3) is 0.542. The Hall–Kier alpha value is -1.56. The first-order chi connectivity index (χ1) is 14.1. The molecule has 0 radical (unpaired) electrons. The summed E-state index contributed by atoms with van der Waals surface area (Å²) in [5.41, 5.74) is 2.45. The van der Waals surface area contributed by atoms with Crippen molar-refractivity contribution < 1.29 is 5.11 Å². The second kappa shape index (κ2) is 17.3. The maximum absolute atomic E-state index is 11.6. The van der Waals surface area contributed by atoms with Crippen LogP contribution < -0.4 is 10.9 Å². The normalized spacial score (nSPS) is 14.2. The van der Waals surface area contributed by atoms with Crippen molar-refractivity contribution in [2.45, 2.75) is 64.5 Å². The number of hydrogen-bond donors (Lipinski definition) is 3. The number of likely N-dealkylation sites (N-methyl/N-ethyl adjacent to an activating group) is 1. The zero-order valence-corrected chi connectivity index (χ0v) is 19.7. The highest BCUT2D eigenvalue weighted by Gasteiger charge is 2.14. The van der Waals surface area contributed by atoms with Crippen molar-refractivity contribution in [1.82, 2.24) is 9.88 Å². The largest absolute Gasteiger partial charge is 0.400 e. The van der Waals surface area contributed by atoms with Gasteiger partial charge in [0.1, 0.15) is 0 Å². The lowest BCUT2D eigenvalue weighted by Gasteiger charge is -2.21. The molecule has 1 heterocycles. The summed E-state index contributed by atoms with van der Waals surface area (Å²) in [5, 5.41) is 10.1. The minimum atomic E-state index is 0.101. The number of thiol groups is 1. The summed E-state index contributed by atoms with van der Waals surface area (Å²) >= 11 is 3.53. The van der Waals surface area contributed by atoms with Gasteiger partial charge in [0.25, 0.3) is 5.56 Å². The van der Waals surface area contributed by atoms with Crippen molar-refractivity contribution in [3.63, 3.8) is 0 Å². The number of aromatic nitrogens is 1. The van der Waals surface area contributed by atoms with Crippen molar-refractivity contribution >= 4 is 12.6 Å². The molecule has 5 heteroatoms. The molecule has 1 saturated carbocycles. The zero-order chi connectivity index (χ0) is 22.1. The molecule has 0 spiro atoms. The van der Waals surface area contributed by atoms with E-state index in [0.717, 1.165) is 25.1 Å². The van der Waals surface area contributed by atoms with Gasteiger partial charge in [0, 0.05) is 31.5 Å². The van der Waals surface area contributed by atoms with Crippen molar-refractivity contribution in [1.29, 1.82) is 0 Å². The fourth-order valence-electron chi connectivity index (χ4n) is 3.35. The highest BCUT2D eigenvalue weighted by atomic mass is 32.1. The Morgan fingerprint density at radius 1 is 1.07 bits per heavy atom. The van der Waals surface area contributed by atoms with Gasteiger partial charge in [-0.05, 0) is 57.5 Å². The Labute approximate surface area is 182 Å². The van der Waals surface area contributed by atoms with Crippen LogP contribution in [0.3, 0.4) is 0 Å². The SMILES string of the molecule is CNC(C)Cn1cccc(C)c1=O.CO.CS.c1ccc(C2CCCCC2)cc1. The topological polar surface area (TPSA) is 54.3 Å². The predicted molar refractivity (Wildman–Crippen MR) is 129 cm³/mol. The first-order valence-electron chi connectivity index (χ1n) is 10.4. The average Bonchev–Trinajstić information content (AvgIpc) is 2.81. The van der Waals surface area contributed by atoms with E-state index in [1.165, 1.54) is 32.1 Å². The van der Waals surface area contributed by atoms with Crippen molar-refractivity contribution in [3.8, 4) is 0 Å². The van der Waals surface area contributed by atoms with E-state index < -0.39 is 0 Å². The van der Waals surface area contributed by atoms with Gasteiger partial charge in [-0.2, -0.15) is 12.6 Å². The van der Waals surface area contributed by atoms with Gasteiger partial charge in [-0.25, -0.2) is 0 Å². The number of pyridine rings is 1. The van der Waals surface area contributed by atoms with E-state index in [1.807, 2.05) is 32.3 Å². The van der Waals surface area contributed by atoms with Crippen molar-refractivity contribution in [2.75, 3.05) is 20.4 Å². The molecule has 3 rings (SSSR count). The van der Waals surface area contributed by atoms with Crippen LogP contribution in [0, 0.1) is 6.92 Å². The molecule has 1 aliphatic carbocycles. The Morgan fingerprint density at radius 3 is 2.21 bits per heavy atom. The number of benzene rings is 1. The number of nitrogens with one attached hydrogen (secondary N) is 1. The first kappa shape index (κ1) is 27.4. The Balaban J connectivity index is 0.000000462. The van der Waals surface area contributed by atoms with E-state index in [9.17, 15) is 4.79 Å². The van der Waals surface area contributed by atoms with Crippen LogP contribution in [0.15, 0.2) is 53.5 Å². The third kappa shape index (κ3) is 10.7. The van der Waals surface area contributed by atoms with Crippen LogP contribution in [0.1, 0.15) is 56.1 Å². The lowest BCUT2D eigenvalue weighted by atomic mass is 9.84. The molecule has 0 saturated heterocycles. The molecule has 2 N–H and O–H groups in total. The van der Waals surface area contributed by atoms with Gasteiger partial charge in [0.15, 0.2) is 0 Å². The lowest BCUT2D eigenvalue weighted by molar-refractivity contribution is 0.399. The fourth-order valence-corrected chi connectivity index (χ4v) is 3.35. The van der Waals surface area contributed by atoms with Gasteiger partial charge < -0.3 is 15.0 Å². The minimum Gasteiger partial charge on any atom is -0.400 e. The molecule has 1 fully saturated rings. The van der Waals surface area contributed by atoms with Crippen LogP contribution in [-0.4, -0.2) is 36.1 Å². The number of aliphatic hydroxyl groups is 1. The first-order valence-corrected chi connectivity index (χ1v) is 11.3. The van der Waals surface area contributed by atoms with Gasteiger partial charge in [-0.15, -0.1) is 0 Å². The van der Waals surface area contributed by atoms with Crippen LogP contribution in [-0.2, 0) is 6.54 Å². The molecule has 2 aromatic rings. The molecule has 1 aliphatic rings. The second-order valence-corrected chi connectivity index (χ2v) is 7.08. The van der Waals surface area contributed by atoms with Crippen LogP contribution in [0.4, 0.5) is 0 Å². The van der Waals surface area contributed by atoms with E-state index in [4.69, 9.17) is 5.11 Å². The Kier molecular flexibility index (Phi) is 16.4. The zero-order valence-electron chi connectivity index (χ0n) is 18.8. The van der Waals surface area contributed by atoms with Gasteiger partial charge in [-0.3, -0.25) is 4.79 Å². The molecule has 1 aromatic heterocycles. The molecule has 0 aliphatic heterocycles. The standard InChI is InChI=1S/C12H16.C10H16N2O.CH4O.CH4S/c1-3-7-11(8-4-1)12-9-5-2-6-10-12;1-8-5-4-6-12(10(8)13)7-9(2)11-3;2*1-2/h1,3-4,7-8,12H,2,5-6,9-10H2;4-6,9,11H,7H2,1-3H3;2*2H,1H3. The van der Waals surface area contributed by atoms with Gasteiger partial charge in [-0.1, -0.05) is 55.7 Å². The number of hydrogen-bond acceptors (Lipinski definition) is 4.